The van der Waals surface area contributed by atoms with E-state index in [0.717, 1.165) is 30.0 Å². The van der Waals surface area contributed by atoms with Gasteiger partial charge in [-0.25, -0.2) is 0 Å². The number of anilines is 1. The van der Waals surface area contributed by atoms with E-state index in [0.29, 0.717) is 5.56 Å². The molecule has 1 N–H and O–H groups in total. The molecule has 2 saturated carbocycles. The first-order chi connectivity index (χ1) is 10.1. The molecular formula is C16H22N2O3. The van der Waals surface area contributed by atoms with Crippen molar-refractivity contribution in [3.05, 3.63) is 33.9 Å². The molecule has 3 atom stereocenters. The maximum atomic E-state index is 10.8. The van der Waals surface area contributed by atoms with Crippen LogP contribution < -0.4 is 4.90 Å². The minimum Gasteiger partial charge on any atom is -0.392 e. The predicted molar refractivity (Wildman–Crippen MR) is 81.2 cm³/mol. The topological polar surface area (TPSA) is 66.6 Å². The van der Waals surface area contributed by atoms with Gasteiger partial charge in [0.2, 0.25) is 0 Å². The van der Waals surface area contributed by atoms with Gasteiger partial charge < -0.3 is 10.0 Å². The van der Waals surface area contributed by atoms with Crippen LogP contribution in [0.15, 0.2) is 18.2 Å². The van der Waals surface area contributed by atoms with Gasteiger partial charge in [-0.3, -0.25) is 10.1 Å². The highest BCUT2D eigenvalue weighted by atomic mass is 16.6. The van der Waals surface area contributed by atoms with Crippen molar-refractivity contribution in [2.45, 2.75) is 32.3 Å². The largest absolute Gasteiger partial charge is 0.392 e. The Kier molecular flexibility index (Phi) is 3.85. The Bertz CT molecular complexity index is 546. The second-order valence-corrected chi connectivity index (χ2v) is 6.54. The van der Waals surface area contributed by atoms with Crippen LogP contribution in [0.5, 0.6) is 0 Å². The van der Waals surface area contributed by atoms with Crippen LogP contribution in [0.3, 0.4) is 0 Å². The van der Waals surface area contributed by atoms with Crippen molar-refractivity contribution in [1.29, 1.82) is 0 Å². The lowest BCUT2D eigenvalue weighted by atomic mass is 9.88. The zero-order valence-corrected chi connectivity index (χ0v) is 12.4. The highest BCUT2D eigenvalue weighted by Gasteiger charge is 2.39. The normalized spacial score (nSPS) is 27.0. The Hall–Kier alpha value is -1.62. The first-order valence-electron chi connectivity index (χ1n) is 7.67. The molecule has 114 valence electrons. The van der Waals surface area contributed by atoms with Gasteiger partial charge in [0, 0.05) is 37.0 Å². The number of hydrogen-bond donors (Lipinski definition) is 1. The maximum absolute atomic E-state index is 10.8. The lowest BCUT2D eigenvalue weighted by Gasteiger charge is -2.29. The van der Waals surface area contributed by atoms with Crippen molar-refractivity contribution < 1.29 is 10.0 Å². The summed E-state index contributed by atoms with van der Waals surface area (Å²) in [7, 11) is 2.02. The van der Waals surface area contributed by atoms with E-state index in [-0.39, 0.29) is 12.3 Å². The lowest BCUT2D eigenvalue weighted by Crippen LogP contribution is -2.29. The standard InChI is InChI=1S/C16H22N2O3/c1-17(9-13-7-11-2-3-12(13)6-11)16-5-4-15(18(20)21)8-14(16)10-19/h4-5,8,11-13,19H,2-3,6-7,9-10H2,1H3. The van der Waals surface area contributed by atoms with Crippen LogP contribution >= 0.6 is 0 Å². The van der Waals surface area contributed by atoms with Crippen molar-refractivity contribution in [2.24, 2.45) is 17.8 Å². The Morgan fingerprint density at radius 2 is 2.19 bits per heavy atom. The molecule has 5 heteroatoms. The summed E-state index contributed by atoms with van der Waals surface area (Å²) in [6.45, 7) is 0.810. The molecule has 0 aliphatic heterocycles. The molecule has 1 aromatic rings. The molecule has 21 heavy (non-hydrogen) atoms. The minimum absolute atomic E-state index is 0.0381. The van der Waals surface area contributed by atoms with Gasteiger partial charge in [-0.1, -0.05) is 6.42 Å². The highest BCUT2D eigenvalue weighted by Crippen LogP contribution is 2.48. The monoisotopic (exact) mass is 290 g/mol. The van der Waals surface area contributed by atoms with Gasteiger partial charge in [-0.2, -0.15) is 0 Å². The third-order valence-electron chi connectivity index (χ3n) is 5.25. The van der Waals surface area contributed by atoms with Crippen LogP contribution in [-0.4, -0.2) is 23.6 Å². The number of benzene rings is 1. The van der Waals surface area contributed by atoms with E-state index >= 15 is 0 Å². The summed E-state index contributed by atoms with van der Waals surface area (Å²) in [4.78, 5) is 12.6. The summed E-state index contributed by atoms with van der Waals surface area (Å²) in [6, 6.07) is 4.76. The number of fused-ring (bicyclic) bond motifs is 2. The van der Waals surface area contributed by atoms with Gasteiger partial charge in [0.1, 0.15) is 0 Å². The van der Waals surface area contributed by atoms with Gasteiger partial charge >= 0.3 is 0 Å². The van der Waals surface area contributed by atoms with Gasteiger partial charge in [-0.05, 0) is 43.1 Å². The summed E-state index contributed by atoms with van der Waals surface area (Å²) < 4.78 is 0. The fourth-order valence-corrected chi connectivity index (χ4v) is 4.23. The fraction of sp³-hybridized carbons (Fsp3) is 0.625. The molecule has 0 saturated heterocycles. The lowest BCUT2D eigenvalue weighted by molar-refractivity contribution is -0.384. The van der Waals surface area contributed by atoms with Crippen LogP contribution in [0.4, 0.5) is 11.4 Å². The summed E-state index contributed by atoms with van der Waals surface area (Å²) in [6.07, 6.45) is 5.45. The molecule has 2 aliphatic rings. The van der Waals surface area contributed by atoms with Crippen LogP contribution in [0.1, 0.15) is 31.2 Å². The second kappa shape index (κ2) is 5.64. The molecule has 5 nitrogen and oxygen atoms in total. The first-order valence-corrected chi connectivity index (χ1v) is 7.67. The average molecular weight is 290 g/mol. The van der Waals surface area contributed by atoms with E-state index in [1.165, 1.54) is 37.8 Å². The van der Waals surface area contributed by atoms with E-state index in [2.05, 4.69) is 4.90 Å². The van der Waals surface area contributed by atoms with Crippen molar-refractivity contribution in [1.82, 2.24) is 0 Å². The van der Waals surface area contributed by atoms with Gasteiger partial charge in [0.05, 0.1) is 11.5 Å². The zero-order valence-electron chi connectivity index (χ0n) is 12.4. The van der Waals surface area contributed by atoms with Crippen LogP contribution in [0, 0.1) is 27.9 Å². The van der Waals surface area contributed by atoms with Crippen molar-refractivity contribution in [2.75, 3.05) is 18.5 Å². The summed E-state index contributed by atoms with van der Waals surface area (Å²) >= 11 is 0. The van der Waals surface area contributed by atoms with Crippen LogP contribution in [-0.2, 0) is 6.61 Å². The highest BCUT2D eigenvalue weighted by molar-refractivity contribution is 5.57. The number of rotatable bonds is 5. The van der Waals surface area contributed by atoms with Gasteiger partial charge in [-0.15, -0.1) is 0 Å². The van der Waals surface area contributed by atoms with Crippen molar-refractivity contribution in [3.63, 3.8) is 0 Å². The third-order valence-corrected chi connectivity index (χ3v) is 5.25. The molecular weight excluding hydrogens is 268 g/mol. The Balaban J connectivity index is 1.74. The number of hydrogen-bond acceptors (Lipinski definition) is 4. The summed E-state index contributed by atoms with van der Waals surface area (Å²) in [5.41, 5.74) is 1.58. The molecule has 0 radical (unpaired) electrons. The molecule has 1 aromatic carbocycles. The molecule has 0 spiro atoms. The molecule has 2 bridgehead atoms. The SMILES string of the molecule is CN(CC1CC2CCC1C2)c1ccc([N+](=O)[O-])cc1CO. The first kappa shape index (κ1) is 14.3. The molecule has 2 aliphatic carbocycles. The van der Waals surface area contributed by atoms with E-state index < -0.39 is 4.92 Å². The van der Waals surface area contributed by atoms with Crippen molar-refractivity contribution >= 4 is 11.4 Å². The number of non-ortho nitro benzene ring substituents is 1. The van der Waals surface area contributed by atoms with Gasteiger partial charge in [0.15, 0.2) is 0 Å². The molecule has 0 amide bonds. The van der Waals surface area contributed by atoms with Crippen molar-refractivity contribution in [3.8, 4) is 0 Å². The fourth-order valence-electron chi connectivity index (χ4n) is 4.23. The number of nitro groups is 1. The molecule has 3 unspecified atom stereocenters. The van der Waals surface area contributed by atoms with E-state index in [1.807, 2.05) is 7.05 Å². The second-order valence-electron chi connectivity index (χ2n) is 6.54. The Morgan fingerprint density at radius 3 is 2.76 bits per heavy atom. The molecule has 2 fully saturated rings. The van der Waals surface area contributed by atoms with E-state index in [4.69, 9.17) is 0 Å². The smallest absolute Gasteiger partial charge is 0.269 e. The number of aliphatic hydroxyl groups excluding tert-OH is 1. The quantitative estimate of drug-likeness (QED) is 0.669. The molecule has 0 aromatic heterocycles. The van der Waals surface area contributed by atoms with Crippen LogP contribution in [0.2, 0.25) is 0 Å². The third kappa shape index (κ3) is 2.75. The van der Waals surface area contributed by atoms with Crippen LogP contribution in [0.25, 0.3) is 0 Å². The summed E-state index contributed by atoms with van der Waals surface area (Å²) in [5.74, 6) is 2.51. The zero-order chi connectivity index (χ0) is 15.0. The molecule has 3 rings (SSSR count). The minimum atomic E-state index is -0.418. The number of aliphatic hydroxyl groups is 1. The molecule has 0 heterocycles. The maximum Gasteiger partial charge on any atom is 0.269 e. The number of nitrogens with zero attached hydrogens (tertiary/aromatic N) is 2. The van der Waals surface area contributed by atoms with E-state index in [9.17, 15) is 15.2 Å². The van der Waals surface area contributed by atoms with Gasteiger partial charge in [0.25, 0.3) is 5.69 Å². The Morgan fingerprint density at radius 1 is 1.38 bits per heavy atom. The summed E-state index contributed by atoms with van der Waals surface area (Å²) in [5, 5.41) is 20.3. The average Bonchev–Trinajstić information content (AvgIpc) is 3.08. The number of nitro benzene ring substituents is 1. The Labute approximate surface area is 124 Å². The predicted octanol–water partition coefficient (Wildman–Crippen LogP) is 2.96. The van der Waals surface area contributed by atoms with E-state index in [1.54, 1.807) is 6.07 Å².